The highest BCUT2D eigenvalue weighted by Crippen LogP contribution is 2.41. The number of carbonyl (C=O) groups excluding carboxylic acids is 1. The van der Waals surface area contributed by atoms with E-state index in [1.54, 1.807) is 0 Å². The van der Waals surface area contributed by atoms with E-state index in [9.17, 15) is 4.79 Å². The summed E-state index contributed by atoms with van der Waals surface area (Å²) in [4.78, 5) is 11.7. The Hall–Kier alpha value is -0.610. The van der Waals surface area contributed by atoms with Crippen LogP contribution in [0.4, 0.5) is 0 Å². The monoisotopic (exact) mass is 241 g/mol. The predicted octanol–water partition coefficient (Wildman–Crippen LogP) is 1.47. The highest BCUT2D eigenvalue weighted by Gasteiger charge is 2.41. The predicted molar refractivity (Wildman–Crippen MR) is 64.4 cm³/mol. The minimum atomic E-state index is -0.484. The smallest absolute Gasteiger partial charge is 0.323 e. The quantitative estimate of drug-likeness (QED) is 0.757. The number of hydrogen-bond acceptors (Lipinski definition) is 4. The second kappa shape index (κ2) is 5.36. The molecule has 0 radical (unpaired) electrons. The second-order valence-corrected chi connectivity index (χ2v) is 5.33. The Bertz CT molecular complexity index is 278. The van der Waals surface area contributed by atoms with Gasteiger partial charge in [-0.05, 0) is 51.4 Å². The van der Waals surface area contributed by atoms with Crippen LogP contribution in [0.25, 0.3) is 0 Å². The van der Waals surface area contributed by atoms with Crippen LogP contribution in [0.5, 0.6) is 0 Å². The van der Waals surface area contributed by atoms with Crippen LogP contribution in [0, 0.1) is 11.8 Å². The number of nitrogens with two attached hydrogens (primary N) is 1. The maximum absolute atomic E-state index is 11.7. The standard InChI is InChI=1S/C13H23NO3/c1-3-16-13(15)12(14)10-6-8(2)17-11(7-10)9-4-5-9/h8-12H,3-7,14H2,1-2H3/t8-,10+,11+,12+/m1/s1. The van der Waals surface area contributed by atoms with Gasteiger partial charge in [0, 0.05) is 0 Å². The molecule has 1 saturated carbocycles. The summed E-state index contributed by atoms with van der Waals surface area (Å²) in [7, 11) is 0. The van der Waals surface area contributed by atoms with Gasteiger partial charge in [0.2, 0.25) is 0 Å². The SMILES string of the molecule is CCOC(=O)[C@@H](N)[C@H]1C[C@@H](C)O[C@H](C2CC2)C1. The number of ether oxygens (including phenoxy) is 2. The molecule has 0 spiro atoms. The summed E-state index contributed by atoms with van der Waals surface area (Å²) in [6.07, 6.45) is 4.82. The van der Waals surface area contributed by atoms with Crippen molar-refractivity contribution in [1.82, 2.24) is 0 Å². The van der Waals surface area contributed by atoms with Gasteiger partial charge in [0.1, 0.15) is 6.04 Å². The van der Waals surface area contributed by atoms with Gasteiger partial charge in [-0.25, -0.2) is 0 Å². The van der Waals surface area contributed by atoms with E-state index in [4.69, 9.17) is 15.2 Å². The van der Waals surface area contributed by atoms with Crippen molar-refractivity contribution in [1.29, 1.82) is 0 Å². The third kappa shape index (κ3) is 3.19. The highest BCUT2D eigenvalue weighted by atomic mass is 16.5. The van der Waals surface area contributed by atoms with Crippen molar-refractivity contribution < 1.29 is 14.3 Å². The maximum Gasteiger partial charge on any atom is 0.323 e. The highest BCUT2D eigenvalue weighted by molar-refractivity contribution is 5.75. The fraction of sp³-hybridized carbons (Fsp3) is 0.923. The molecule has 2 aliphatic rings. The molecule has 1 aliphatic heterocycles. The summed E-state index contributed by atoms with van der Waals surface area (Å²) < 4.78 is 10.9. The number of rotatable bonds is 4. The van der Waals surface area contributed by atoms with Gasteiger partial charge in [-0.15, -0.1) is 0 Å². The summed E-state index contributed by atoms with van der Waals surface area (Å²) in [6, 6.07) is -0.484. The van der Waals surface area contributed by atoms with Crippen LogP contribution in [0.15, 0.2) is 0 Å². The van der Waals surface area contributed by atoms with Crippen molar-refractivity contribution in [2.45, 2.75) is 57.8 Å². The first-order chi connectivity index (χ1) is 8.11. The van der Waals surface area contributed by atoms with Crippen molar-refractivity contribution in [2.75, 3.05) is 6.61 Å². The Morgan fingerprint density at radius 3 is 2.76 bits per heavy atom. The Morgan fingerprint density at radius 2 is 2.18 bits per heavy atom. The minimum Gasteiger partial charge on any atom is -0.465 e. The van der Waals surface area contributed by atoms with Gasteiger partial charge in [-0.3, -0.25) is 4.79 Å². The molecule has 17 heavy (non-hydrogen) atoms. The minimum absolute atomic E-state index is 0.208. The average Bonchev–Trinajstić information content (AvgIpc) is 3.11. The first-order valence-corrected chi connectivity index (χ1v) is 6.69. The van der Waals surface area contributed by atoms with Gasteiger partial charge in [0.05, 0.1) is 18.8 Å². The lowest BCUT2D eigenvalue weighted by atomic mass is 9.85. The van der Waals surface area contributed by atoms with E-state index in [1.165, 1.54) is 12.8 Å². The normalized spacial score (nSPS) is 35.4. The topological polar surface area (TPSA) is 61.5 Å². The zero-order chi connectivity index (χ0) is 12.4. The van der Waals surface area contributed by atoms with Crippen molar-refractivity contribution >= 4 is 5.97 Å². The molecular formula is C13H23NO3. The van der Waals surface area contributed by atoms with E-state index in [2.05, 4.69) is 6.92 Å². The largest absolute Gasteiger partial charge is 0.465 e. The van der Waals surface area contributed by atoms with E-state index < -0.39 is 6.04 Å². The van der Waals surface area contributed by atoms with Crippen LogP contribution >= 0.6 is 0 Å². The van der Waals surface area contributed by atoms with Gasteiger partial charge >= 0.3 is 5.97 Å². The molecule has 0 aromatic carbocycles. The third-order valence-electron chi connectivity index (χ3n) is 3.79. The molecule has 1 aliphatic carbocycles. The van der Waals surface area contributed by atoms with Crippen molar-refractivity contribution in [3.05, 3.63) is 0 Å². The van der Waals surface area contributed by atoms with Gasteiger partial charge in [-0.2, -0.15) is 0 Å². The molecule has 0 aromatic heterocycles. The summed E-state index contributed by atoms with van der Waals surface area (Å²) in [5.74, 6) is 0.652. The first kappa shape index (κ1) is 12.8. The van der Waals surface area contributed by atoms with Crippen LogP contribution in [-0.4, -0.2) is 30.8 Å². The second-order valence-electron chi connectivity index (χ2n) is 5.33. The van der Waals surface area contributed by atoms with Crippen molar-refractivity contribution in [3.8, 4) is 0 Å². The molecule has 0 bridgehead atoms. The molecule has 1 heterocycles. The molecule has 4 atom stereocenters. The number of hydrogen-bond donors (Lipinski definition) is 1. The maximum atomic E-state index is 11.7. The molecule has 98 valence electrons. The van der Waals surface area contributed by atoms with E-state index in [1.807, 2.05) is 6.92 Å². The molecule has 0 aromatic rings. The van der Waals surface area contributed by atoms with E-state index in [-0.39, 0.29) is 18.0 Å². The summed E-state index contributed by atoms with van der Waals surface area (Å²) in [5, 5.41) is 0. The van der Waals surface area contributed by atoms with E-state index in [0.29, 0.717) is 18.6 Å². The van der Waals surface area contributed by atoms with E-state index in [0.717, 1.165) is 12.8 Å². The van der Waals surface area contributed by atoms with Crippen LogP contribution in [0.3, 0.4) is 0 Å². The first-order valence-electron chi connectivity index (χ1n) is 6.69. The molecule has 4 nitrogen and oxygen atoms in total. The fourth-order valence-electron chi connectivity index (χ4n) is 2.73. The summed E-state index contributed by atoms with van der Waals surface area (Å²) >= 11 is 0. The number of esters is 1. The Morgan fingerprint density at radius 1 is 1.47 bits per heavy atom. The third-order valence-corrected chi connectivity index (χ3v) is 3.79. The summed E-state index contributed by atoms with van der Waals surface area (Å²) in [5.41, 5.74) is 5.99. The van der Waals surface area contributed by atoms with Crippen molar-refractivity contribution in [3.63, 3.8) is 0 Å². The Labute approximate surface area is 103 Å². The molecule has 2 fully saturated rings. The number of carbonyl (C=O) groups is 1. The molecule has 0 amide bonds. The van der Waals surface area contributed by atoms with Gasteiger partial charge in [0.15, 0.2) is 0 Å². The van der Waals surface area contributed by atoms with Gasteiger partial charge in [0.25, 0.3) is 0 Å². The molecule has 2 N–H and O–H groups in total. The Kier molecular flexibility index (Phi) is 4.05. The zero-order valence-electron chi connectivity index (χ0n) is 10.7. The van der Waals surface area contributed by atoms with Gasteiger partial charge < -0.3 is 15.2 Å². The van der Waals surface area contributed by atoms with E-state index >= 15 is 0 Å². The Balaban J connectivity index is 1.92. The molecule has 4 heteroatoms. The van der Waals surface area contributed by atoms with Crippen LogP contribution < -0.4 is 5.73 Å². The summed E-state index contributed by atoms with van der Waals surface area (Å²) in [6.45, 7) is 4.28. The molecule has 1 saturated heterocycles. The average molecular weight is 241 g/mol. The molecule has 0 unspecified atom stereocenters. The van der Waals surface area contributed by atoms with Crippen LogP contribution in [-0.2, 0) is 14.3 Å². The molecular weight excluding hydrogens is 218 g/mol. The van der Waals surface area contributed by atoms with Gasteiger partial charge in [-0.1, -0.05) is 0 Å². The van der Waals surface area contributed by atoms with Crippen LogP contribution in [0.2, 0.25) is 0 Å². The zero-order valence-corrected chi connectivity index (χ0v) is 10.7. The van der Waals surface area contributed by atoms with Crippen LogP contribution in [0.1, 0.15) is 39.5 Å². The molecule has 2 rings (SSSR count). The fourth-order valence-corrected chi connectivity index (χ4v) is 2.73. The lowest BCUT2D eigenvalue weighted by Gasteiger charge is -2.36. The lowest BCUT2D eigenvalue weighted by Crippen LogP contribution is -2.46. The lowest BCUT2D eigenvalue weighted by molar-refractivity contribution is -0.149. The van der Waals surface area contributed by atoms with Crippen molar-refractivity contribution in [2.24, 2.45) is 17.6 Å².